The van der Waals surface area contributed by atoms with Crippen LogP contribution in [-0.4, -0.2) is 72.5 Å². The molecule has 1 saturated heterocycles. The van der Waals surface area contributed by atoms with Gasteiger partial charge in [-0.05, 0) is 30.3 Å². The number of urea groups is 1. The number of amides is 4. The number of aromatic nitrogens is 1. The van der Waals surface area contributed by atoms with Crippen molar-refractivity contribution in [2.45, 2.75) is 6.42 Å². The number of rotatable bonds is 6. The van der Waals surface area contributed by atoms with Crippen LogP contribution in [0.5, 0.6) is 5.75 Å². The summed E-state index contributed by atoms with van der Waals surface area (Å²) in [6, 6.07) is 14.5. The summed E-state index contributed by atoms with van der Waals surface area (Å²) < 4.78 is 5.09. The molecule has 0 unspecified atom stereocenters. The Kier molecular flexibility index (Phi) is 6.77. The van der Waals surface area contributed by atoms with E-state index in [4.69, 9.17) is 4.74 Å². The predicted octanol–water partition coefficient (Wildman–Crippen LogP) is 2.67. The van der Waals surface area contributed by atoms with Crippen molar-refractivity contribution in [2.24, 2.45) is 0 Å². The molecule has 9 nitrogen and oxygen atoms in total. The van der Waals surface area contributed by atoms with E-state index in [1.54, 1.807) is 47.4 Å². The molecule has 1 aromatic heterocycles. The summed E-state index contributed by atoms with van der Waals surface area (Å²) in [4.78, 5) is 44.0. The number of piperazine rings is 1. The fraction of sp³-hybridized carbons (Fsp3) is 0.292. The number of H-pyrrole nitrogens is 1. The first-order valence-electron chi connectivity index (χ1n) is 10.9. The third-order valence-electron chi connectivity index (χ3n) is 5.68. The van der Waals surface area contributed by atoms with Gasteiger partial charge in [-0.3, -0.25) is 9.59 Å². The van der Waals surface area contributed by atoms with Crippen LogP contribution in [0.1, 0.15) is 16.8 Å². The largest absolute Gasteiger partial charge is 0.497 e. The number of ether oxygens (including phenoxy) is 1. The molecule has 0 atom stereocenters. The molecule has 0 aliphatic carbocycles. The van der Waals surface area contributed by atoms with Crippen molar-refractivity contribution in [2.75, 3.05) is 45.2 Å². The summed E-state index contributed by atoms with van der Waals surface area (Å²) in [6.45, 7) is 2.04. The Morgan fingerprint density at radius 2 is 1.67 bits per heavy atom. The molecular weight excluding hydrogens is 422 g/mol. The van der Waals surface area contributed by atoms with Crippen LogP contribution in [0.15, 0.2) is 54.7 Å². The lowest BCUT2D eigenvalue weighted by atomic mass is 10.1. The Morgan fingerprint density at radius 3 is 2.39 bits per heavy atom. The minimum absolute atomic E-state index is 0.0392. The molecule has 2 heterocycles. The van der Waals surface area contributed by atoms with Gasteiger partial charge in [-0.1, -0.05) is 18.2 Å². The number of nitrogens with one attached hydrogen (secondary N) is 3. The van der Waals surface area contributed by atoms with Gasteiger partial charge in [0.25, 0.3) is 5.91 Å². The average molecular weight is 450 g/mol. The quantitative estimate of drug-likeness (QED) is 0.538. The van der Waals surface area contributed by atoms with Gasteiger partial charge in [0.1, 0.15) is 5.75 Å². The Hall–Kier alpha value is -4.01. The summed E-state index contributed by atoms with van der Waals surface area (Å²) in [7, 11) is 1.58. The normalized spacial score (nSPS) is 13.6. The van der Waals surface area contributed by atoms with Crippen LogP contribution in [0.4, 0.5) is 10.5 Å². The molecule has 0 saturated carbocycles. The Balaban J connectivity index is 1.20. The zero-order chi connectivity index (χ0) is 23.2. The van der Waals surface area contributed by atoms with Crippen LogP contribution in [-0.2, 0) is 4.79 Å². The predicted molar refractivity (Wildman–Crippen MR) is 125 cm³/mol. The van der Waals surface area contributed by atoms with E-state index in [2.05, 4.69) is 15.6 Å². The standard InChI is InChI=1S/C24H27N5O4/c1-33-18-8-6-17(7-9-18)27-22(30)10-11-25-24(32)29-14-12-28(13-15-29)23(31)20-16-26-21-5-3-2-4-19(20)21/h2-9,16,26H,10-15H2,1H3,(H,25,32)(H,27,30). The van der Waals surface area contributed by atoms with E-state index in [0.717, 1.165) is 10.9 Å². The maximum atomic E-state index is 12.9. The van der Waals surface area contributed by atoms with E-state index in [-0.39, 0.29) is 30.8 Å². The molecule has 33 heavy (non-hydrogen) atoms. The summed E-state index contributed by atoms with van der Waals surface area (Å²) >= 11 is 0. The lowest BCUT2D eigenvalue weighted by Crippen LogP contribution is -2.53. The van der Waals surface area contributed by atoms with Gasteiger partial charge >= 0.3 is 6.03 Å². The second-order valence-corrected chi connectivity index (χ2v) is 7.79. The van der Waals surface area contributed by atoms with Gasteiger partial charge in [-0.15, -0.1) is 0 Å². The van der Waals surface area contributed by atoms with Crippen molar-refractivity contribution in [3.8, 4) is 5.75 Å². The number of carbonyl (C=O) groups is 3. The highest BCUT2D eigenvalue weighted by Gasteiger charge is 2.26. The van der Waals surface area contributed by atoms with Gasteiger partial charge in [-0.2, -0.15) is 0 Å². The molecule has 1 fully saturated rings. The number of methoxy groups -OCH3 is 1. The third kappa shape index (κ3) is 5.25. The van der Waals surface area contributed by atoms with Gasteiger partial charge in [-0.25, -0.2) is 4.79 Å². The lowest BCUT2D eigenvalue weighted by Gasteiger charge is -2.34. The molecule has 9 heteroatoms. The number of para-hydroxylation sites is 1. The second kappa shape index (κ2) is 10.1. The number of fused-ring (bicyclic) bond motifs is 1. The molecule has 3 N–H and O–H groups in total. The maximum Gasteiger partial charge on any atom is 0.317 e. The Bertz CT molecular complexity index is 1130. The number of hydrogen-bond donors (Lipinski definition) is 3. The Morgan fingerprint density at radius 1 is 0.970 bits per heavy atom. The van der Waals surface area contributed by atoms with Crippen LogP contribution in [0.25, 0.3) is 10.9 Å². The van der Waals surface area contributed by atoms with Crippen molar-refractivity contribution < 1.29 is 19.1 Å². The first-order chi connectivity index (χ1) is 16.0. The number of anilines is 1. The third-order valence-corrected chi connectivity index (χ3v) is 5.68. The zero-order valence-corrected chi connectivity index (χ0v) is 18.5. The van der Waals surface area contributed by atoms with E-state index < -0.39 is 0 Å². The first kappa shape index (κ1) is 22.2. The molecule has 172 valence electrons. The van der Waals surface area contributed by atoms with Gasteiger partial charge in [0, 0.05) is 61.9 Å². The maximum absolute atomic E-state index is 12.9. The molecule has 1 aliphatic rings. The highest BCUT2D eigenvalue weighted by molar-refractivity contribution is 6.06. The second-order valence-electron chi connectivity index (χ2n) is 7.79. The number of nitrogens with zero attached hydrogens (tertiary/aromatic N) is 2. The van der Waals surface area contributed by atoms with Crippen molar-refractivity contribution in [1.82, 2.24) is 20.1 Å². The van der Waals surface area contributed by atoms with Gasteiger partial charge in [0.15, 0.2) is 0 Å². The molecule has 1 aliphatic heterocycles. The molecule has 3 aromatic rings. The number of hydrogen-bond acceptors (Lipinski definition) is 4. The molecule has 4 amide bonds. The minimum atomic E-state index is -0.230. The summed E-state index contributed by atoms with van der Waals surface area (Å²) in [5.41, 5.74) is 2.24. The van der Waals surface area contributed by atoms with E-state index in [0.29, 0.717) is 43.2 Å². The van der Waals surface area contributed by atoms with E-state index in [1.165, 1.54) is 0 Å². The van der Waals surface area contributed by atoms with E-state index in [9.17, 15) is 14.4 Å². The smallest absolute Gasteiger partial charge is 0.317 e. The zero-order valence-electron chi connectivity index (χ0n) is 18.5. The number of carbonyl (C=O) groups excluding carboxylic acids is 3. The monoisotopic (exact) mass is 449 g/mol. The van der Waals surface area contributed by atoms with Crippen LogP contribution in [0.3, 0.4) is 0 Å². The summed E-state index contributed by atoms with van der Waals surface area (Å²) in [6.07, 6.45) is 1.90. The lowest BCUT2D eigenvalue weighted by molar-refractivity contribution is -0.116. The van der Waals surface area contributed by atoms with Crippen LogP contribution in [0.2, 0.25) is 0 Å². The topological polar surface area (TPSA) is 107 Å². The SMILES string of the molecule is COc1ccc(NC(=O)CCNC(=O)N2CCN(C(=O)c3c[nH]c4ccccc34)CC2)cc1. The van der Waals surface area contributed by atoms with E-state index >= 15 is 0 Å². The van der Waals surface area contributed by atoms with E-state index in [1.807, 2.05) is 24.3 Å². The molecular formula is C24H27N5O4. The van der Waals surface area contributed by atoms with Gasteiger partial charge in [0.05, 0.1) is 12.7 Å². The minimum Gasteiger partial charge on any atom is -0.497 e. The summed E-state index contributed by atoms with van der Waals surface area (Å²) in [5, 5.41) is 6.46. The summed E-state index contributed by atoms with van der Waals surface area (Å²) in [5.74, 6) is 0.487. The molecule has 0 spiro atoms. The van der Waals surface area contributed by atoms with Gasteiger partial charge in [0.2, 0.25) is 5.91 Å². The van der Waals surface area contributed by atoms with Gasteiger partial charge < -0.3 is 30.2 Å². The first-order valence-corrected chi connectivity index (χ1v) is 10.9. The van der Waals surface area contributed by atoms with Crippen molar-refractivity contribution in [3.63, 3.8) is 0 Å². The molecule has 0 bridgehead atoms. The molecule has 0 radical (unpaired) electrons. The van der Waals surface area contributed by atoms with Crippen molar-refractivity contribution in [3.05, 3.63) is 60.3 Å². The molecule has 4 rings (SSSR count). The van der Waals surface area contributed by atoms with Crippen molar-refractivity contribution >= 4 is 34.4 Å². The fourth-order valence-electron chi connectivity index (χ4n) is 3.82. The highest BCUT2D eigenvalue weighted by Crippen LogP contribution is 2.20. The Labute approximate surface area is 191 Å². The number of aromatic amines is 1. The van der Waals surface area contributed by atoms with Crippen LogP contribution in [0, 0.1) is 0 Å². The number of benzene rings is 2. The molecule has 2 aromatic carbocycles. The van der Waals surface area contributed by atoms with Crippen LogP contribution < -0.4 is 15.4 Å². The van der Waals surface area contributed by atoms with Crippen molar-refractivity contribution in [1.29, 1.82) is 0 Å². The highest BCUT2D eigenvalue weighted by atomic mass is 16.5. The average Bonchev–Trinajstić information content (AvgIpc) is 3.28. The van der Waals surface area contributed by atoms with Crippen LogP contribution >= 0.6 is 0 Å². The fourth-order valence-corrected chi connectivity index (χ4v) is 3.82.